The SMILES string of the molecule is CCOC(=O)NC(=S)N1CCN(C=O)CC1. The summed E-state index contributed by atoms with van der Waals surface area (Å²) in [6.07, 6.45) is 0.282. The molecule has 1 heterocycles. The molecule has 1 rings (SSSR count). The third kappa shape index (κ3) is 3.65. The lowest BCUT2D eigenvalue weighted by Crippen LogP contribution is -2.52. The highest BCUT2D eigenvalue weighted by molar-refractivity contribution is 7.80. The summed E-state index contributed by atoms with van der Waals surface area (Å²) in [6, 6.07) is 0. The Morgan fingerprint density at radius 3 is 2.56 bits per heavy atom. The predicted octanol–water partition coefficient (Wildman–Crippen LogP) is -0.209. The fourth-order valence-electron chi connectivity index (χ4n) is 1.36. The van der Waals surface area contributed by atoms with Crippen LogP contribution in [-0.4, -0.2) is 60.2 Å². The summed E-state index contributed by atoms with van der Waals surface area (Å²) in [5.74, 6) is 0. The number of ether oxygens (including phenoxy) is 1. The lowest BCUT2D eigenvalue weighted by atomic mass is 10.3. The van der Waals surface area contributed by atoms with E-state index in [1.807, 2.05) is 4.90 Å². The molecule has 7 heteroatoms. The molecule has 0 saturated carbocycles. The Morgan fingerprint density at radius 2 is 2.06 bits per heavy atom. The van der Waals surface area contributed by atoms with Crippen molar-refractivity contribution in [2.24, 2.45) is 0 Å². The topological polar surface area (TPSA) is 61.9 Å². The molecule has 0 aromatic rings. The van der Waals surface area contributed by atoms with E-state index in [1.165, 1.54) is 0 Å². The maximum absolute atomic E-state index is 11.1. The molecular weight excluding hydrogens is 230 g/mol. The molecule has 0 aromatic carbocycles. The van der Waals surface area contributed by atoms with Crippen LogP contribution in [0, 0.1) is 0 Å². The van der Waals surface area contributed by atoms with Crippen LogP contribution in [0.4, 0.5) is 4.79 Å². The highest BCUT2D eigenvalue weighted by Crippen LogP contribution is 2.00. The van der Waals surface area contributed by atoms with Crippen molar-refractivity contribution in [3.63, 3.8) is 0 Å². The molecule has 1 N–H and O–H groups in total. The van der Waals surface area contributed by atoms with Gasteiger partial charge in [-0.15, -0.1) is 0 Å². The molecule has 0 unspecified atom stereocenters. The number of carbonyl (C=O) groups excluding carboxylic acids is 2. The van der Waals surface area contributed by atoms with Crippen molar-refractivity contribution in [2.45, 2.75) is 6.92 Å². The van der Waals surface area contributed by atoms with Crippen molar-refractivity contribution >= 4 is 29.8 Å². The molecule has 1 aliphatic rings. The minimum absolute atomic E-state index is 0.313. The van der Waals surface area contributed by atoms with Gasteiger partial charge in [-0.25, -0.2) is 4.79 Å². The summed E-state index contributed by atoms with van der Waals surface area (Å²) in [7, 11) is 0. The van der Waals surface area contributed by atoms with Crippen LogP contribution >= 0.6 is 12.2 Å². The highest BCUT2D eigenvalue weighted by atomic mass is 32.1. The predicted molar refractivity (Wildman–Crippen MR) is 62.0 cm³/mol. The molecule has 90 valence electrons. The number of thiocarbonyl (C=S) groups is 1. The Labute approximate surface area is 99.5 Å². The molecule has 0 spiro atoms. The van der Waals surface area contributed by atoms with Gasteiger partial charge in [0.15, 0.2) is 5.11 Å². The van der Waals surface area contributed by atoms with E-state index < -0.39 is 6.09 Å². The Kier molecular flexibility index (Phi) is 4.97. The minimum atomic E-state index is -0.537. The molecule has 1 fully saturated rings. The maximum atomic E-state index is 11.1. The number of piperazine rings is 1. The smallest absolute Gasteiger partial charge is 0.413 e. The van der Waals surface area contributed by atoms with E-state index in [-0.39, 0.29) is 0 Å². The van der Waals surface area contributed by atoms with E-state index in [0.717, 1.165) is 6.41 Å². The van der Waals surface area contributed by atoms with E-state index in [4.69, 9.17) is 17.0 Å². The zero-order valence-corrected chi connectivity index (χ0v) is 9.96. The van der Waals surface area contributed by atoms with Crippen LogP contribution in [0.1, 0.15) is 6.92 Å². The van der Waals surface area contributed by atoms with Gasteiger partial charge < -0.3 is 14.5 Å². The number of alkyl carbamates (subject to hydrolysis) is 1. The second-order valence-corrected chi connectivity index (χ2v) is 3.67. The van der Waals surface area contributed by atoms with Crippen molar-refractivity contribution in [2.75, 3.05) is 32.8 Å². The number of hydrogen-bond acceptors (Lipinski definition) is 4. The zero-order valence-electron chi connectivity index (χ0n) is 9.14. The average molecular weight is 245 g/mol. The van der Waals surface area contributed by atoms with E-state index >= 15 is 0 Å². The van der Waals surface area contributed by atoms with Gasteiger partial charge in [-0.05, 0) is 19.1 Å². The Morgan fingerprint density at radius 1 is 1.44 bits per heavy atom. The van der Waals surface area contributed by atoms with Gasteiger partial charge in [0.2, 0.25) is 6.41 Å². The summed E-state index contributed by atoms with van der Waals surface area (Å²) < 4.78 is 4.71. The summed E-state index contributed by atoms with van der Waals surface area (Å²) in [5.41, 5.74) is 0. The summed E-state index contributed by atoms with van der Waals surface area (Å²) in [4.78, 5) is 25.1. The summed E-state index contributed by atoms with van der Waals surface area (Å²) in [5, 5.41) is 2.82. The van der Waals surface area contributed by atoms with Gasteiger partial charge in [-0.3, -0.25) is 10.1 Å². The van der Waals surface area contributed by atoms with Crippen molar-refractivity contribution < 1.29 is 14.3 Å². The summed E-state index contributed by atoms with van der Waals surface area (Å²) >= 11 is 5.05. The van der Waals surface area contributed by atoms with Crippen LogP contribution in [0.15, 0.2) is 0 Å². The number of rotatable bonds is 2. The molecule has 0 aromatic heterocycles. The third-order valence-electron chi connectivity index (χ3n) is 2.23. The van der Waals surface area contributed by atoms with Gasteiger partial charge >= 0.3 is 6.09 Å². The van der Waals surface area contributed by atoms with Gasteiger partial charge in [0.1, 0.15) is 0 Å². The Hall–Kier alpha value is -1.37. The number of amides is 2. The monoisotopic (exact) mass is 245 g/mol. The molecule has 0 aliphatic carbocycles. The molecule has 0 bridgehead atoms. The normalized spacial score (nSPS) is 15.6. The summed E-state index contributed by atoms with van der Waals surface area (Å²) in [6.45, 7) is 4.54. The first-order valence-corrected chi connectivity index (χ1v) is 5.50. The number of carbonyl (C=O) groups is 2. The third-order valence-corrected chi connectivity index (χ3v) is 2.60. The molecule has 1 saturated heterocycles. The largest absolute Gasteiger partial charge is 0.450 e. The Balaban J connectivity index is 2.33. The zero-order chi connectivity index (χ0) is 12.0. The molecule has 0 atom stereocenters. The van der Waals surface area contributed by atoms with Gasteiger partial charge in [0.25, 0.3) is 0 Å². The van der Waals surface area contributed by atoms with Gasteiger partial charge in [0.05, 0.1) is 6.61 Å². The molecule has 0 radical (unpaired) electrons. The minimum Gasteiger partial charge on any atom is -0.450 e. The van der Waals surface area contributed by atoms with Gasteiger partial charge in [-0.2, -0.15) is 0 Å². The average Bonchev–Trinajstić information content (AvgIpc) is 2.29. The molecule has 16 heavy (non-hydrogen) atoms. The lowest BCUT2D eigenvalue weighted by Gasteiger charge is -2.33. The molecular formula is C9H15N3O3S. The standard InChI is InChI=1S/C9H15N3O3S/c1-2-15-9(14)10-8(16)12-5-3-11(7-13)4-6-12/h7H,2-6H2,1H3,(H,10,14,16). The highest BCUT2D eigenvalue weighted by Gasteiger charge is 2.18. The van der Waals surface area contributed by atoms with Crippen molar-refractivity contribution in [1.29, 1.82) is 0 Å². The Bertz CT molecular complexity index is 277. The number of nitrogens with one attached hydrogen (secondary N) is 1. The quantitative estimate of drug-likeness (QED) is 0.539. The van der Waals surface area contributed by atoms with Crippen LogP contribution in [-0.2, 0) is 9.53 Å². The van der Waals surface area contributed by atoms with Crippen molar-refractivity contribution in [3.05, 3.63) is 0 Å². The first-order valence-electron chi connectivity index (χ1n) is 5.09. The van der Waals surface area contributed by atoms with E-state index in [0.29, 0.717) is 37.9 Å². The van der Waals surface area contributed by atoms with E-state index in [9.17, 15) is 9.59 Å². The number of hydrogen-bond donors (Lipinski definition) is 1. The van der Waals surface area contributed by atoms with Crippen LogP contribution in [0.3, 0.4) is 0 Å². The number of nitrogens with zero attached hydrogens (tertiary/aromatic N) is 2. The van der Waals surface area contributed by atoms with Crippen LogP contribution in [0.5, 0.6) is 0 Å². The second-order valence-electron chi connectivity index (χ2n) is 3.28. The fraction of sp³-hybridized carbons (Fsp3) is 0.667. The first kappa shape index (κ1) is 12.7. The molecule has 1 aliphatic heterocycles. The van der Waals surface area contributed by atoms with E-state index in [2.05, 4.69) is 5.32 Å². The van der Waals surface area contributed by atoms with Crippen molar-refractivity contribution in [3.8, 4) is 0 Å². The first-order chi connectivity index (χ1) is 7.67. The van der Waals surface area contributed by atoms with Gasteiger partial charge in [-0.1, -0.05) is 0 Å². The maximum Gasteiger partial charge on any atom is 0.413 e. The molecule has 2 amide bonds. The van der Waals surface area contributed by atoms with Crippen LogP contribution < -0.4 is 5.32 Å². The van der Waals surface area contributed by atoms with Gasteiger partial charge in [0, 0.05) is 26.2 Å². The fourth-order valence-corrected chi connectivity index (χ4v) is 1.63. The van der Waals surface area contributed by atoms with Crippen LogP contribution in [0.25, 0.3) is 0 Å². The lowest BCUT2D eigenvalue weighted by molar-refractivity contribution is -0.119. The molecule has 6 nitrogen and oxygen atoms in total. The van der Waals surface area contributed by atoms with Crippen LogP contribution in [0.2, 0.25) is 0 Å². The van der Waals surface area contributed by atoms with Crippen molar-refractivity contribution in [1.82, 2.24) is 15.1 Å². The second kappa shape index (κ2) is 6.26. The van der Waals surface area contributed by atoms with E-state index in [1.54, 1.807) is 11.8 Å².